The van der Waals surface area contributed by atoms with Crippen molar-refractivity contribution in [3.05, 3.63) is 35.4 Å². The summed E-state index contributed by atoms with van der Waals surface area (Å²) in [7, 11) is 0. The normalized spacial score (nSPS) is 15.0. The minimum Gasteiger partial charge on any atom is -0.478 e. The van der Waals surface area contributed by atoms with E-state index in [1.807, 2.05) is 34.6 Å². The second kappa shape index (κ2) is 20.2. The van der Waals surface area contributed by atoms with Gasteiger partial charge in [-0.05, 0) is 49.3 Å². The largest absolute Gasteiger partial charge is 0.478 e. The highest BCUT2D eigenvalue weighted by atomic mass is 16.4. The van der Waals surface area contributed by atoms with E-state index in [2.05, 4.69) is 26.6 Å². The average molecular weight is 648 g/mol. The molecule has 0 bridgehead atoms. The molecule has 5 amide bonds. The van der Waals surface area contributed by atoms with Crippen molar-refractivity contribution in [2.75, 3.05) is 0 Å². The minimum atomic E-state index is -1.28. The zero-order chi connectivity index (χ0) is 35.0. The molecular formula is C33H53N5O8. The summed E-state index contributed by atoms with van der Waals surface area (Å²) in [5.74, 6) is -3.64. The van der Waals surface area contributed by atoms with Gasteiger partial charge in [-0.1, -0.05) is 66.0 Å². The number of carbonyl (C=O) groups is 6. The fraction of sp³-hybridized carbons (Fsp3) is 0.636. The van der Waals surface area contributed by atoms with Gasteiger partial charge in [0.2, 0.25) is 29.5 Å². The van der Waals surface area contributed by atoms with Gasteiger partial charge in [-0.15, -0.1) is 0 Å². The van der Waals surface area contributed by atoms with Crippen molar-refractivity contribution in [2.24, 2.45) is 11.8 Å². The monoisotopic (exact) mass is 647 g/mol. The molecule has 0 aromatic heterocycles. The molecular weight excluding hydrogens is 594 g/mol. The van der Waals surface area contributed by atoms with E-state index in [1.54, 1.807) is 12.1 Å². The number of aromatic carboxylic acids is 1. The van der Waals surface area contributed by atoms with E-state index in [-0.39, 0.29) is 36.3 Å². The Bertz CT molecular complexity index is 1190. The van der Waals surface area contributed by atoms with Crippen LogP contribution in [0.1, 0.15) is 103 Å². The van der Waals surface area contributed by atoms with Gasteiger partial charge in [0.1, 0.15) is 18.1 Å². The van der Waals surface area contributed by atoms with E-state index in [0.29, 0.717) is 31.2 Å². The van der Waals surface area contributed by atoms with Crippen LogP contribution in [-0.4, -0.2) is 76.0 Å². The lowest BCUT2D eigenvalue weighted by Gasteiger charge is -2.29. The van der Waals surface area contributed by atoms with Gasteiger partial charge < -0.3 is 36.8 Å². The Morgan fingerprint density at radius 2 is 1.54 bits per heavy atom. The molecule has 0 heterocycles. The molecule has 1 aromatic carbocycles. The number of nitrogens with one attached hydrogen (secondary N) is 5. The maximum atomic E-state index is 13.1. The van der Waals surface area contributed by atoms with Gasteiger partial charge in [0.05, 0.1) is 24.1 Å². The lowest BCUT2D eigenvalue weighted by molar-refractivity contribution is -0.133. The first-order valence-corrected chi connectivity index (χ1v) is 16.0. The highest BCUT2D eigenvalue weighted by Crippen LogP contribution is 2.13. The van der Waals surface area contributed by atoms with Gasteiger partial charge in [0.25, 0.3) is 0 Å². The lowest BCUT2D eigenvalue weighted by atomic mass is 9.96. The summed E-state index contributed by atoms with van der Waals surface area (Å²) in [5, 5.41) is 33.7. The fourth-order valence-electron chi connectivity index (χ4n) is 4.81. The summed E-state index contributed by atoms with van der Waals surface area (Å²) < 4.78 is 0. The second-order valence-electron chi connectivity index (χ2n) is 12.3. The molecule has 1 aromatic rings. The van der Waals surface area contributed by atoms with Crippen LogP contribution >= 0.6 is 0 Å². The molecule has 0 aliphatic rings. The Kier molecular flexibility index (Phi) is 17.6. The van der Waals surface area contributed by atoms with Gasteiger partial charge in [-0.25, -0.2) is 4.79 Å². The Hall–Kier alpha value is -4.00. The van der Waals surface area contributed by atoms with Crippen molar-refractivity contribution >= 4 is 35.5 Å². The predicted molar refractivity (Wildman–Crippen MR) is 173 cm³/mol. The molecule has 0 aliphatic heterocycles. The summed E-state index contributed by atoms with van der Waals surface area (Å²) in [5.41, 5.74) is 0.684. The molecule has 13 heteroatoms. The van der Waals surface area contributed by atoms with Crippen LogP contribution in [0, 0.1) is 11.8 Å². The van der Waals surface area contributed by atoms with E-state index in [1.165, 1.54) is 26.0 Å². The number of carboxylic acid groups (broad SMARTS) is 1. The first-order valence-electron chi connectivity index (χ1n) is 16.0. The molecule has 0 unspecified atom stereocenters. The molecule has 0 saturated heterocycles. The van der Waals surface area contributed by atoms with E-state index in [4.69, 9.17) is 0 Å². The Morgan fingerprint density at radius 1 is 0.870 bits per heavy atom. The number of amides is 5. The molecule has 1 rings (SSSR count). The summed E-state index contributed by atoms with van der Waals surface area (Å²) in [4.78, 5) is 74.8. The molecule has 0 spiro atoms. The van der Waals surface area contributed by atoms with Crippen LogP contribution in [0.4, 0.5) is 0 Å². The van der Waals surface area contributed by atoms with Crippen LogP contribution in [0.15, 0.2) is 24.3 Å². The van der Waals surface area contributed by atoms with Crippen LogP contribution < -0.4 is 26.6 Å². The number of unbranched alkanes of at least 4 members (excludes halogenated alkanes) is 1. The van der Waals surface area contributed by atoms with Crippen molar-refractivity contribution < 1.29 is 39.0 Å². The Morgan fingerprint density at radius 3 is 2.11 bits per heavy atom. The average Bonchev–Trinajstić information content (AvgIpc) is 2.99. The van der Waals surface area contributed by atoms with Gasteiger partial charge in [-0.2, -0.15) is 0 Å². The Labute approximate surface area is 272 Å². The molecule has 0 aliphatic carbocycles. The van der Waals surface area contributed by atoms with E-state index in [9.17, 15) is 39.0 Å². The molecule has 258 valence electrons. The zero-order valence-corrected chi connectivity index (χ0v) is 28.1. The number of carboxylic acids is 1. The van der Waals surface area contributed by atoms with Gasteiger partial charge >= 0.3 is 5.97 Å². The predicted octanol–water partition coefficient (Wildman–Crippen LogP) is 2.01. The maximum absolute atomic E-state index is 13.1. The second-order valence-corrected chi connectivity index (χ2v) is 12.3. The number of aliphatic hydroxyl groups is 1. The highest BCUT2D eigenvalue weighted by Gasteiger charge is 2.31. The topological polar surface area (TPSA) is 203 Å². The van der Waals surface area contributed by atoms with Crippen molar-refractivity contribution in [1.29, 1.82) is 0 Å². The SMILES string of the molecule is CCCC[C@H](NC(=O)C[C@H](O)[C@H](CC(C)C)NC(=O)[C@H](C)NC(=O)[C@@H](NC(C)=O)[C@@H](C)CC)C(=O)NCc1cccc(C(=O)O)c1. The molecule has 0 saturated carbocycles. The van der Waals surface area contributed by atoms with Crippen molar-refractivity contribution in [3.63, 3.8) is 0 Å². The maximum Gasteiger partial charge on any atom is 0.335 e. The molecule has 6 atom stereocenters. The first kappa shape index (κ1) is 40.0. The highest BCUT2D eigenvalue weighted by molar-refractivity contribution is 5.92. The first-order chi connectivity index (χ1) is 21.6. The zero-order valence-electron chi connectivity index (χ0n) is 28.1. The molecule has 7 N–H and O–H groups in total. The number of rotatable bonds is 20. The van der Waals surface area contributed by atoms with E-state index in [0.717, 1.165) is 6.42 Å². The number of benzene rings is 1. The quantitative estimate of drug-likeness (QED) is 0.111. The minimum absolute atomic E-state index is 0.0465. The van der Waals surface area contributed by atoms with Crippen LogP contribution in [0.3, 0.4) is 0 Å². The lowest BCUT2D eigenvalue weighted by Crippen LogP contribution is -2.56. The number of carbonyl (C=O) groups excluding carboxylic acids is 5. The van der Waals surface area contributed by atoms with E-state index >= 15 is 0 Å². The van der Waals surface area contributed by atoms with Crippen LogP contribution in [-0.2, 0) is 30.5 Å². The van der Waals surface area contributed by atoms with Crippen molar-refractivity contribution in [2.45, 2.75) is 124 Å². The third-order valence-corrected chi connectivity index (χ3v) is 7.66. The van der Waals surface area contributed by atoms with Gasteiger partial charge in [0.15, 0.2) is 0 Å². The third kappa shape index (κ3) is 14.4. The Balaban J connectivity index is 2.89. The third-order valence-electron chi connectivity index (χ3n) is 7.66. The summed E-state index contributed by atoms with van der Waals surface area (Å²) in [6.07, 6.45) is 1.11. The number of hydrogen-bond donors (Lipinski definition) is 7. The van der Waals surface area contributed by atoms with Gasteiger partial charge in [0, 0.05) is 13.5 Å². The van der Waals surface area contributed by atoms with Crippen LogP contribution in [0.2, 0.25) is 0 Å². The van der Waals surface area contributed by atoms with Crippen LogP contribution in [0.5, 0.6) is 0 Å². The number of hydrogen-bond acceptors (Lipinski definition) is 7. The molecule has 13 nitrogen and oxygen atoms in total. The van der Waals surface area contributed by atoms with E-state index < -0.39 is 59.9 Å². The summed E-state index contributed by atoms with van der Waals surface area (Å²) in [6, 6.07) is 2.69. The molecule has 0 fully saturated rings. The summed E-state index contributed by atoms with van der Waals surface area (Å²) in [6.45, 7) is 12.3. The molecule has 46 heavy (non-hydrogen) atoms. The van der Waals surface area contributed by atoms with Crippen molar-refractivity contribution in [1.82, 2.24) is 26.6 Å². The summed E-state index contributed by atoms with van der Waals surface area (Å²) >= 11 is 0. The number of aliphatic hydroxyl groups excluding tert-OH is 1. The van der Waals surface area contributed by atoms with Crippen LogP contribution in [0.25, 0.3) is 0 Å². The van der Waals surface area contributed by atoms with Crippen molar-refractivity contribution in [3.8, 4) is 0 Å². The smallest absolute Gasteiger partial charge is 0.335 e. The fourth-order valence-corrected chi connectivity index (χ4v) is 4.81. The molecule has 0 radical (unpaired) electrons. The standard InChI is InChI=1S/C33H53N5O8/c1-8-10-14-25(31(43)34-18-23-12-11-13-24(16-23)33(45)46)37-28(41)17-27(40)26(15-19(3)4)38-30(42)21(6)35-32(44)29(20(5)9-2)36-22(7)39/h11-13,16,19-21,25-27,29,40H,8-10,14-15,17-18H2,1-7H3,(H,34,43)(H,35,44)(H,36,39)(H,37,41)(H,38,42)(H,45,46)/t20-,21-,25-,26-,27-,29-/m0/s1. The van der Waals surface area contributed by atoms with Gasteiger partial charge in [-0.3, -0.25) is 24.0 Å².